The minimum Gasteiger partial charge on any atom is -0.393 e. The summed E-state index contributed by atoms with van der Waals surface area (Å²) in [4.78, 5) is 7.87. The largest absolute Gasteiger partial charge is 0.393 e. The molecule has 0 aromatic carbocycles. The van der Waals surface area contributed by atoms with Crippen LogP contribution in [0.5, 0.6) is 0 Å². The molecule has 0 atom stereocenters. The lowest BCUT2D eigenvalue weighted by Gasteiger charge is -2.47. The Morgan fingerprint density at radius 3 is 2.31 bits per heavy atom. The van der Waals surface area contributed by atoms with Crippen LogP contribution in [0.4, 0.5) is 0 Å². The minimum atomic E-state index is -0.0998. The molecule has 1 aliphatic heterocycles. The highest BCUT2D eigenvalue weighted by atomic mass is 16.3. The summed E-state index contributed by atoms with van der Waals surface area (Å²) in [7, 11) is 0. The number of aliphatic hydroxyl groups excluding tert-OH is 1. The second-order valence-electron chi connectivity index (χ2n) is 8.68. The summed E-state index contributed by atoms with van der Waals surface area (Å²) in [6.07, 6.45) is 14.6. The van der Waals surface area contributed by atoms with Gasteiger partial charge in [0.2, 0.25) is 0 Å². The van der Waals surface area contributed by atoms with Gasteiger partial charge in [0.1, 0.15) is 0 Å². The predicted molar refractivity (Wildman–Crippen MR) is 109 cm³/mol. The molecule has 0 bridgehead atoms. The van der Waals surface area contributed by atoms with Crippen molar-refractivity contribution in [2.24, 2.45) is 4.99 Å². The number of piperidine rings is 1. The molecule has 3 N–H and O–H groups in total. The van der Waals surface area contributed by atoms with Crippen molar-refractivity contribution in [1.82, 2.24) is 15.5 Å². The van der Waals surface area contributed by atoms with Gasteiger partial charge in [0.05, 0.1) is 12.6 Å². The maximum Gasteiger partial charge on any atom is 0.191 e. The van der Waals surface area contributed by atoms with Gasteiger partial charge in [-0.05, 0) is 71.4 Å². The van der Waals surface area contributed by atoms with E-state index in [1.807, 2.05) is 0 Å². The van der Waals surface area contributed by atoms with Crippen molar-refractivity contribution in [3.63, 3.8) is 0 Å². The molecule has 26 heavy (non-hydrogen) atoms. The molecular weight excluding hydrogens is 324 g/mol. The molecule has 3 aliphatic rings. The summed E-state index contributed by atoms with van der Waals surface area (Å²) in [5.41, 5.74) is 0.295. The van der Waals surface area contributed by atoms with Crippen LogP contribution in [0.2, 0.25) is 0 Å². The fourth-order valence-electron chi connectivity index (χ4n) is 5.11. The first kappa shape index (κ1) is 19.9. The summed E-state index contributed by atoms with van der Waals surface area (Å²) in [6.45, 7) is 6.50. The number of hydrogen-bond donors (Lipinski definition) is 3. The average molecular weight is 365 g/mol. The van der Waals surface area contributed by atoms with E-state index in [0.29, 0.717) is 11.6 Å². The highest BCUT2D eigenvalue weighted by Gasteiger charge is 2.38. The lowest BCUT2D eigenvalue weighted by atomic mass is 9.79. The van der Waals surface area contributed by atoms with Crippen LogP contribution in [0.15, 0.2) is 4.99 Å². The fraction of sp³-hybridized carbons (Fsp3) is 0.952. The summed E-state index contributed by atoms with van der Waals surface area (Å²) < 4.78 is 0. The maximum absolute atomic E-state index is 9.74. The Hall–Kier alpha value is -0.810. The third-order valence-corrected chi connectivity index (χ3v) is 6.72. The zero-order valence-electron chi connectivity index (χ0n) is 16.8. The highest BCUT2D eigenvalue weighted by molar-refractivity contribution is 5.80. The van der Waals surface area contributed by atoms with Crippen LogP contribution < -0.4 is 10.6 Å². The Morgan fingerprint density at radius 2 is 1.65 bits per heavy atom. The monoisotopic (exact) mass is 364 g/mol. The van der Waals surface area contributed by atoms with Crippen molar-refractivity contribution < 1.29 is 5.11 Å². The first-order valence-electron chi connectivity index (χ1n) is 11.2. The van der Waals surface area contributed by atoms with E-state index in [2.05, 4.69) is 22.5 Å². The van der Waals surface area contributed by atoms with Crippen molar-refractivity contribution in [3.05, 3.63) is 0 Å². The van der Waals surface area contributed by atoms with Crippen LogP contribution >= 0.6 is 0 Å². The molecule has 1 saturated heterocycles. The molecule has 0 aromatic rings. The van der Waals surface area contributed by atoms with Crippen LogP contribution in [-0.4, -0.2) is 59.8 Å². The van der Waals surface area contributed by atoms with Gasteiger partial charge in [-0.2, -0.15) is 0 Å². The van der Waals surface area contributed by atoms with Crippen LogP contribution in [0.1, 0.15) is 84.0 Å². The molecule has 150 valence electrons. The van der Waals surface area contributed by atoms with E-state index in [1.54, 1.807) is 0 Å². The third kappa shape index (κ3) is 5.35. The van der Waals surface area contributed by atoms with Crippen LogP contribution in [0.25, 0.3) is 0 Å². The van der Waals surface area contributed by atoms with Gasteiger partial charge >= 0.3 is 0 Å². The van der Waals surface area contributed by atoms with Crippen LogP contribution in [0, 0.1) is 0 Å². The number of hydrogen-bond acceptors (Lipinski definition) is 3. The van der Waals surface area contributed by atoms with Crippen molar-refractivity contribution in [2.75, 3.05) is 26.2 Å². The summed E-state index contributed by atoms with van der Waals surface area (Å²) in [5, 5.41) is 16.8. The standard InChI is InChI=1S/C21H40N4O/c1-2-22-20(24-18-9-11-19(26)12-10-18)23-17-21(13-5-3-6-14-21)25-15-7-4-8-16-25/h18-19,26H,2-17H2,1H3,(H2,22,23,24). The Kier molecular flexibility index (Phi) is 7.62. The molecular formula is C21H40N4O. The minimum absolute atomic E-state index is 0.0998. The number of nitrogens with zero attached hydrogens (tertiary/aromatic N) is 2. The maximum atomic E-state index is 9.74. The van der Waals surface area contributed by atoms with Gasteiger partial charge in [-0.25, -0.2) is 0 Å². The van der Waals surface area contributed by atoms with Gasteiger partial charge in [0.15, 0.2) is 5.96 Å². The summed E-state index contributed by atoms with van der Waals surface area (Å²) in [5.74, 6) is 0.982. The Bertz CT molecular complexity index is 433. The van der Waals surface area contributed by atoms with Crippen LogP contribution in [-0.2, 0) is 0 Å². The number of nitrogens with one attached hydrogen (secondary N) is 2. The molecule has 5 nitrogen and oxygen atoms in total. The second kappa shape index (κ2) is 9.93. The van der Waals surface area contributed by atoms with E-state index in [9.17, 15) is 5.11 Å². The predicted octanol–water partition coefficient (Wildman–Crippen LogP) is 3.03. The lowest BCUT2D eigenvalue weighted by Crippen LogP contribution is -2.55. The van der Waals surface area contributed by atoms with E-state index in [0.717, 1.165) is 44.7 Å². The van der Waals surface area contributed by atoms with Crippen molar-refractivity contribution in [1.29, 1.82) is 0 Å². The molecule has 0 radical (unpaired) electrons. The Balaban J connectivity index is 1.64. The molecule has 0 spiro atoms. The zero-order valence-corrected chi connectivity index (χ0v) is 16.8. The molecule has 0 amide bonds. The second-order valence-corrected chi connectivity index (χ2v) is 8.68. The van der Waals surface area contributed by atoms with Crippen molar-refractivity contribution in [2.45, 2.75) is 102 Å². The summed E-state index contributed by atoms with van der Waals surface area (Å²) in [6, 6.07) is 0.452. The molecule has 0 aromatic heterocycles. The van der Waals surface area contributed by atoms with Gasteiger partial charge < -0.3 is 15.7 Å². The molecule has 5 heteroatoms. The van der Waals surface area contributed by atoms with Crippen molar-refractivity contribution >= 4 is 5.96 Å². The smallest absolute Gasteiger partial charge is 0.191 e. The lowest BCUT2D eigenvalue weighted by molar-refractivity contribution is 0.0407. The van der Waals surface area contributed by atoms with Crippen LogP contribution in [0.3, 0.4) is 0 Å². The van der Waals surface area contributed by atoms with E-state index < -0.39 is 0 Å². The van der Waals surface area contributed by atoms with Gasteiger partial charge in [0, 0.05) is 18.1 Å². The number of rotatable bonds is 5. The number of likely N-dealkylation sites (tertiary alicyclic amines) is 1. The quantitative estimate of drug-likeness (QED) is 0.518. The molecule has 3 fully saturated rings. The van der Waals surface area contributed by atoms with E-state index in [4.69, 9.17) is 4.99 Å². The molecule has 0 unspecified atom stereocenters. The summed E-state index contributed by atoms with van der Waals surface area (Å²) >= 11 is 0. The molecule has 2 saturated carbocycles. The van der Waals surface area contributed by atoms with Crippen molar-refractivity contribution in [3.8, 4) is 0 Å². The molecule has 3 rings (SSSR count). The van der Waals surface area contributed by atoms with Gasteiger partial charge in [-0.3, -0.25) is 9.89 Å². The first-order chi connectivity index (χ1) is 12.7. The topological polar surface area (TPSA) is 59.9 Å². The third-order valence-electron chi connectivity index (χ3n) is 6.72. The highest BCUT2D eigenvalue weighted by Crippen LogP contribution is 2.36. The van der Waals surface area contributed by atoms with Gasteiger partial charge in [-0.15, -0.1) is 0 Å². The first-order valence-corrected chi connectivity index (χ1v) is 11.2. The van der Waals surface area contributed by atoms with Gasteiger partial charge in [0.25, 0.3) is 0 Å². The number of guanidine groups is 1. The van der Waals surface area contributed by atoms with Gasteiger partial charge in [-0.1, -0.05) is 25.7 Å². The SMILES string of the molecule is CCNC(=NCC1(N2CCCCC2)CCCCC1)NC1CCC(O)CC1. The van der Waals surface area contributed by atoms with E-state index in [-0.39, 0.29) is 6.10 Å². The van der Waals surface area contributed by atoms with E-state index in [1.165, 1.54) is 64.5 Å². The molecule has 1 heterocycles. The Labute approximate surface area is 160 Å². The zero-order chi connectivity index (χ0) is 18.2. The normalized spacial score (nSPS) is 30.8. The molecule has 2 aliphatic carbocycles. The number of aliphatic hydroxyl groups is 1. The Morgan fingerprint density at radius 1 is 1.00 bits per heavy atom. The average Bonchev–Trinajstić information content (AvgIpc) is 2.69. The number of aliphatic imine (C=N–C) groups is 1. The fourth-order valence-corrected chi connectivity index (χ4v) is 5.11. The van der Waals surface area contributed by atoms with E-state index >= 15 is 0 Å².